The summed E-state index contributed by atoms with van der Waals surface area (Å²) in [7, 11) is -3.36. The molecule has 2 heterocycles. The van der Waals surface area contributed by atoms with Crippen LogP contribution in [-0.2, 0) is 20.5 Å². The molecule has 1 fully saturated rings. The zero-order valence-corrected chi connectivity index (χ0v) is 13.1. The smallest absolute Gasteiger partial charge is 0.217 e. The molecule has 2 N–H and O–H groups in total. The van der Waals surface area contributed by atoms with Crippen LogP contribution in [0, 0.1) is 6.92 Å². The van der Waals surface area contributed by atoms with E-state index in [1.54, 1.807) is 13.0 Å². The average molecular weight is 317 g/mol. The Bertz CT molecular complexity index is 523. The Morgan fingerprint density at radius 3 is 2.90 bits per heavy atom. The van der Waals surface area contributed by atoms with Gasteiger partial charge in [0.2, 0.25) is 10.0 Å². The number of hydrogen-bond acceptors (Lipinski definition) is 6. The summed E-state index contributed by atoms with van der Waals surface area (Å²) in [6, 6.07) is 1.62. The lowest BCUT2D eigenvalue weighted by molar-refractivity contribution is 0.0322. The highest BCUT2D eigenvalue weighted by Crippen LogP contribution is 2.08. The minimum absolute atomic E-state index is 0.153. The van der Waals surface area contributed by atoms with Gasteiger partial charge in [-0.05, 0) is 39.3 Å². The molecule has 0 unspecified atom stereocenters. The minimum Gasteiger partial charge on any atom is -0.378 e. The van der Waals surface area contributed by atoms with Crippen LogP contribution in [0.5, 0.6) is 0 Å². The van der Waals surface area contributed by atoms with E-state index in [9.17, 15) is 8.42 Å². The Morgan fingerprint density at radius 1 is 1.48 bits per heavy atom. The lowest BCUT2D eigenvalue weighted by Gasteiger charge is -2.22. The van der Waals surface area contributed by atoms with Crippen molar-refractivity contribution < 1.29 is 17.7 Å². The molecule has 0 bridgehead atoms. The number of aromatic nitrogens is 1. The van der Waals surface area contributed by atoms with E-state index in [4.69, 9.17) is 9.26 Å². The second kappa shape index (κ2) is 7.88. The quantitative estimate of drug-likeness (QED) is 0.681. The van der Waals surface area contributed by atoms with Gasteiger partial charge in [-0.3, -0.25) is 0 Å². The molecule has 2 rings (SSSR count). The second-order valence-corrected chi connectivity index (χ2v) is 7.06. The van der Waals surface area contributed by atoms with Crippen molar-refractivity contribution in [2.75, 3.05) is 26.2 Å². The third-order valence-corrected chi connectivity index (χ3v) is 4.62. The van der Waals surface area contributed by atoms with Gasteiger partial charge in [0.1, 0.15) is 17.2 Å². The van der Waals surface area contributed by atoms with E-state index in [0.29, 0.717) is 37.1 Å². The molecule has 21 heavy (non-hydrogen) atoms. The topological polar surface area (TPSA) is 93.5 Å². The Morgan fingerprint density at radius 2 is 2.24 bits per heavy atom. The molecular formula is C13H23N3O4S. The molecule has 120 valence electrons. The molecule has 7 nitrogen and oxygen atoms in total. The molecular weight excluding hydrogens is 294 g/mol. The van der Waals surface area contributed by atoms with Crippen LogP contribution in [0.2, 0.25) is 0 Å². The molecule has 0 spiro atoms. The van der Waals surface area contributed by atoms with E-state index in [1.165, 1.54) is 0 Å². The first-order valence-electron chi connectivity index (χ1n) is 7.27. The Hall–Kier alpha value is -0.960. The number of ether oxygens (including phenoxy) is 1. The fourth-order valence-electron chi connectivity index (χ4n) is 2.24. The van der Waals surface area contributed by atoms with Gasteiger partial charge in [-0.2, -0.15) is 0 Å². The van der Waals surface area contributed by atoms with E-state index < -0.39 is 10.0 Å². The molecule has 8 heteroatoms. The van der Waals surface area contributed by atoms with Gasteiger partial charge in [-0.1, -0.05) is 5.16 Å². The Labute approximate surface area is 125 Å². The summed E-state index contributed by atoms with van der Waals surface area (Å²) in [4.78, 5) is 0. The summed E-state index contributed by atoms with van der Waals surface area (Å²) in [5, 5.41) is 6.96. The lowest BCUT2D eigenvalue weighted by Crippen LogP contribution is -2.33. The van der Waals surface area contributed by atoms with Gasteiger partial charge in [0.15, 0.2) is 0 Å². The number of rotatable bonds is 8. The first-order valence-corrected chi connectivity index (χ1v) is 8.92. The molecule has 0 saturated carbocycles. The summed E-state index contributed by atoms with van der Waals surface area (Å²) in [5.41, 5.74) is 0.422. The molecule has 0 aromatic carbocycles. The zero-order chi connectivity index (χ0) is 15.1. The van der Waals surface area contributed by atoms with Crippen molar-refractivity contribution in [2.45, 2.75) is 38.0 Å². The average Bonchev–Trinajstić information content (AvgIpc) is 2.84. The summed E-state index contributed by atoms with van der Waals surface area (Å²) >= 11 is 0. The highest BCUT2D eigenvalue weighted by molar-refractivity contribution is 7.88. The van der Waals surface area contributed by atoms with Crippen LogP contribution in [0.1, 0.15) is 30.7 Å². The number of nitrogens with one attached hydrogen (secondary N) is 2. The molecule has 1 aliphatic heterocycles. The highest BCUT2D eigenvalue weighted by atomic mass is 32.2. The Kier molecular flexibility index (Phi) is 6.16. The van der Waals surface area contributed by atoms with E-state index >= 15 is 0 Å². The van der Waals surface area contributed by atoms with Crippen LogP contribution in [0.25, 0.3) is 0 Å². The van der Waals surface area contributed by atoms with Crippen LogP contribution in [0.4, 0.5) is 0 Å². The van der Waals surface area contributed by atoms with Gasteiger partial charge in [-0.15, -0.1) is 0 Å². The first-order chi connectivity index (χ1) is 10.1. The van der Waals surface area contributed by atoms with E-state index in [1.807, 2.05) is 0 Å². The maximum absolute atomic E-state index is 11.8. The summed E-state index contributed by atoms with van der Waals surface area (Å²) in [6.45, 7) is 4.68. The van der Waals surface area contributed by atoms with Gasteiger partial charge < -0.3 is 14.6 Å². The third-order valence-electron chi connectivity index (χ3n) is 3.30. The third kappa shape index (κ3) is 6.13. The van der Waals surface area contributed by atoms with Crippen molar-refractivity contribution in [3.05, 3.63) is 17.5 Å². The normalized spacial score (nSPS) is 17.2. The second-order valence-electron chi connectivity index (χ2n) is 5.26. The Balaban J connectivity index is 1.60. The van der Waals surface area contributed by atoms with E-state index in [2.05, 4.69) is 15.2 Å². The summed E-state index contributed by atoms with van der Waals surface area (Å²) in [5.74, 6) is 0.454. The standard InChI is InChI=1S/C13H23N3O4S/c1-11-9-12(16-20-11)10-21(17,18)15-5-2-8-19-13-3-6-14-7-4-13/h9,13-15H,2-8,10H2,1H3. The molecule has 0 radical (unpaired) electrons. The molecule has 1 saturated heterocycles. The monoisotopic (exact) mass is 317 g/mol. The van der Waals surface area contributed by atoms with Crippen LogP contribution >= 0.6 is 0 Å². The van der Waals surface area contributed by atoms with Crippen LogP contribution in [0.15, 0.2) is 10.6 Å². The van der Waals surface area contributed by atoms with Gasteiger partial charge in [0.25, 0.3) is 0 Å². The summed E-state index contributed by atoms with van der Waals surface area (Å²) in [6.07, 6.45) is 3.02. The number of hydrogen-bond donors (Lipinski definition) is 2. The minimum atomic E-state index is -3.36. The highest BCUT2D eigenvalue weighted by Gasteiger charge is 2.15. The maximum atomic E-state index is 11.8. The lowest BCUT2D eigenvalue weighted by atomic mass is 10.1. The van der Waals surface area contributed by atoms with Crippen molar-refractivity contribution in [1.82, 2.24) is 15.2 Å². The first kappa shape index (κ1) is 16.4. The van der Waals surface area contributed by atoms with Gasteiger partial charge >= 0.3 is 0 Å². The molecule has 1 aliphatic rings. The molecule has 1 aromatic heterocycles. The predicted molar refractivity (Wildman–Crippen MR) is 78.3 cm³/mol. The van der Waals surface area contributed by atoms with Crippen molar-refractivity contribution in [1.29, 1.82) is 0 Å². The zero-order valence-electron chi connectivity index (χ0n) is 12.3. The van der Waals surface area contributed by atoms with Crippen LogP contribution in [-0.4, -0.2) is 45.9 Å². The molecule has 0 atom stereocenters. The number of sulfonamides is 1. The van der Waals surface area contributed by atoms with Crippen LogP contribution in [0.3, 0.4) is 0 Å². The van der Waals surface area contributed by atoms with Gasteiger partial charge in [0, 0.05) is 19.2 Å². The maximum Gasteiger partial charge on any atom is 0.217 e. The van der Waals surface area contributed by atoms with Gasteiger partial charge in [-0.25, -0.2) is 13.1 Å². The SMILES string of the molecule is Cc1cc(CS(=O)(=O)NCCCOC2CCNCC2)no1. The van der Waals surface area contributed by atoms with Crippen molar-refractivity contribution >= 4 is 10.0 Å². The van der Waals surface area contributed by atoms with E-state index in [0.717, 1.165) is 25.9 Å². The van der Waals surface area contributed by atoms with Crippen molar-refractivity contribution in [3.8, 4) is 0 Å². The number of aryl methyl sites for hydroxylation is 1. The largest absolute Gasteiger partial charge is 0.378 e. The predicted octanol–water partition coefficient (Wildman–Crippen LogP) is 0.561. The molecule has 0 amide bonds. The number of nitrogens with zero attached hydrogens (tertiary/aromatic N) is 1. The van der Waals surface area contributed by atoms with Crippen molar-refractivity contribution in [2.24, 2.45) is 0 Å². The number of piperidine rings is 1. The van der Waals surface area contributed by atoms with Crippen LogP contribution < -0.4 is 10.0 Å². The molecule has 0 aliphatic carbocycles. The van der Waals surface area contributed by atoms with Gasteiger partial charge in [0.05, 0.1) is 6.10 Å². The van der Waals surface area contributed by atoms with E-state index in [-0.39, 0.29) is 5.75 Å². The fourth-order valence-corrected chi connectivity index (χ4v) is 3.33. The molecule has 1 aromatic rings. The van der Waals surface area contributed by atoms with Crippen molar-refractivity contribution in [3.63, 3.8) is 0 Å². The summed E-state index contributed by atoms with van der Waals surface area (Å²) < 4.78 is 36.8. The fraction of sp³-hybridized carbons (Fsp3) is 0.769.